The zero-order chi connectivity index (χ0) is 22.8. The van der Waals surface area contributed by atoms with Gasteiger partial charge in [-0.05, 0) is 59.7 Å². The van der Waals surface area contributed by atoms with E-state index in [4.69, 9.17) is 4.74 Å². The monoisotopic (exact) mass is 430 g/mol. The molecule has 3 rings (SSSR count). The van der Waals surface area contributed by atoms with Gasteiger partial charge in [-0.2, -0.15) is 5.10 Å². The number of carbonyl (C=O) groups is 3. The molecule has 0 aliphatic rings. The molecule has 3 aromatic carbocycles. The zero-order valence-corrected chi connectivity index (χ0v) is 17.4. The van der Waals surface area contributed by atoms with E-state index in [0.29, 0.717) is 23.7 Å². The molecular weight excluding hydrogens is 408 g/mol. The Morgan fingerprint density at radius 1 is 0.812 bits per heavy atom. The number of hydrogen-bond acceptors (Lipinski definition) is 5. The SMILES string of the molecule is CC(=O)Nc1ccc(NC(=O)C(=O)N/N=C/c2ccc(OCc3ccccc3)cc2)cc1. The summed E-state index contributed by atoms with van der Waals surface area (Å²) in [4.78, 5) is 34.9. The number of carbonyl (C=O) groups excluding carboxylic acids is 3. The second-order valence-electron chi connectivity index (χ2n) is 6.76. The number of ether oxygens (including phenoxy) is 1. The number of benzene rings is 3. The molecule has 0 aromatic heterocycles. The lowest BCUT2D eigenvalue weighted by molar-refractivity contribution is -0.136. The molecule has 0 heterocycles. The van der Waals surface area contributed by atoms with Gasteiger partial charge in [0.25, 0.3) is 0 Å². The van der Waals surface area contributed by atoms with Crippen LogP contribution < -0.4 is 20.8 Å². The molecule has 3 amide bonds. The molecular formula is C24H22N4O4. The molecule has 0 aliphatic carbocycles. The van der Waals surface area contributed by atoms with E-state index in [9.17, 15) is 14.4 Å². The molecule has 3 aromatic rings. The summed E-state index contributed by atoms with van der Waals surface area (Å²) in [6.07, 6.45) is 1.42. The molecule has 32 heavy (non-hydrogen) atoms. The second-order valence-corrected chi connectivity index (χ2v) is 6.76. The molecule has 3 N–H and O–H groups in total. The fourth-order valence-electron chi connectivity index (χ4n) is 2.64. The van der Waals surface area contributed by atoms with Gasteiger partial charge in [-0.3, -0.25) is 14.4 Å². The van der Waals surface area contributed by atoms with E-state index in [1.54, 1.807) is 48.5 Å². The van der Waals surface area contributed by atoms with Crippen LogP contribution in [0.5, 0.6) is 5.75 Å². The van der Waals surface area contributed by atoms with Crippen molar-refractivity contribution in [3.8, 4) is 5.75 Å². The van der Waals surface area contributed by atoms with E-state index >= 15 is 0 Å². The van der Waals surface area contributed by atoms with Crippen LogP contribution in [0.15, 0.2) is 84.0 Å². The van der Waals surface area contributed by atoms with Crippen LogP contribution in [0.3, 0.4) is 0 Å². The first-order valence-corrected chi connectivity index (χ1v) is 9.78. The van der Waals surface area contributed by atoms with Gasteiger partial charge in [0.05, 0.1) is 6.21 Å². The van der Waals surface area contributed by atoms with Crippen LogP contribution >= 0.6 is 0 Å². The summed E-state index contributed by atoms with van der Waals surface area (Å²) in [5.74, 6) is -1.26. The van der Waals surface area contributed by atoms with Crippen molar-refractivity contribution in [1.29, 1.82) is 0 Å². The Morgan fingerprint density at radius 2 is 1.44 bits per heavy atom. The number of anilines is 2. The fraction of sp³-hybridized carbons (Fsp3) is 0.0833. The highest BCUT2D eigenvalue weighted by molar-refractivity contribution is 6.39. The lowest BCUT2D eigenvalue weighted by atomic mass is 10.2. The Hall–Kier alpha value is -4.46. The summed E-state index contributed by atoms with van der Waals surface area (Å²) in [7, 11) is 0. The standard InChI is InChI=1S/C24H22N4O4/c1-17(29)26-20-9-11-21(12-10-20)27-23(30)24(31)28-25-15-18-7-13-22(14-8-18)32-16-19-5-3-2-4-6-19/h2-15H,16H2,1H3,(H,26,29)(H,27,30)(H,28,31)/b25-15+. The number of nitrogens with one attached hydrogen (secondary N) is 3. The fourth-order valence-corrected chi connectivity index (χ4v) is 2.64. The van der Waals surface area contributed by atoms with Crippen molar-refractivity contribution in [2.75, 3.05) is 10.6 Å². The van der Waals surface area contributed by atoms with Crippen LogP contribution in [0.1, 0.15) is 18.1 Å². The maximum absolute atomic E-state index is 12.0. The largest absolute Gasteiger partial charge is 0.489 e. The first kappa shape index (κ1) is 22.2. The number of hydrogen-bond donors (Lipinski definition) is 3. The van der Waals surface area contributed by atoms with Gasteiger partial charge in [-0.15, -0.1) is 0 Å². The molecule has 0 atom stereocenters. The number of hydrazone groups is 1. The van der Waals surface area contributed by atoms with Crippen molar-refractivity contribution in [3.63, 3.8) is 0 Å². The van der Waals surface area contributed by atoms with E-state index < -0.39 is 11.8 Å². The average Bonchev–Trinajstić information content (AvgIpc) is 2.80. The van der Waals surface area contributed by atoms with Crippen molar-refractivity contribution in [3.05, 3.63) is 90.0 Å². The van der Waals surface area contributed by atoms with Crippen LogP contribution in [0.2, 0.25) is 0 Å². The molecule has 0 unspecified atom stereocenters. The highest BCUT2D eigenvalue weighted by Crippen LogP contribution is 2.14. The van der Waals surface area contributed by atoms with Crippen LogP contribution in [-0.2, 0) is 21.0 Å². The minimum absolute atomic E-state index is 0.201. The Labute approximate surface area is 185 Å². The lowest BCUT2D eigenvalue weighted by Gasteiger charge is -2.06. The normalized spacial score (nSPS) is 10.4. The van der Waals surface area contributed by atoms with Crippen molar-refractivity contribution in [1.82, 2.24) is 5.43 Å². The molecule has 162 valence electrons. The molecule has 8 heteroatoms. The number of amides is 3. The third-order valence-corrected chi connectivity index (χ3v) is 4.18. The molecule has 0 saturated heterocycles. The van der Waals surface area contributed by atoms with Gasteiger partial charge < -0.3 is 15.4 Å². The Bertz CT molecular complexity index is 1100. The number of nitrogens with zero attached hydrogens (tertiary/aromatic N) is 1. The van der Waals surface area contributed by atoms with Crippen molar-refractivity contribution >= 4 is 35.3 Å². The van der Waals surface area contributed by atoms with Gasteiger partial charge in [0.1, 0.15) is 12.4 Å². The van der Waals surface area contributed by atoms with E-state index in [1.807, 2.05) is 30.3 Å². The van der Waals surface area contributed by atoms with E-state index in [0.717, 1.165) is 11.1 Å². The number of rotatable bonds is 7. The van der Waals surface area contributed by atoms with Crippen LogP contribution in [-0.4, -0.2) is 23.9 Å². The smallest absolute Gasteiger partial charge is 0.329 e. The highest BCUT2D eigenvalue weighted by atomic mass is 16.5. The highest BCUT2D eigenvalue weighted by Gasteiger charge is 2.12. The minimum atomic E-state index is -0.907. The Balaban J connectivity index is 1.44. The van der Waals surface area contributed by atoms with Gasteiger partial charge in [-0.1, -0.05) is 30.3 Å². The van der Waals surface area contributed by atoms with Crippen molar-refractivity contribution < 1.29 is 19.1 Å². The molecule has 0 aliphatic heterocycles. The molecule has 0 saturated carbocycles. The molecule has 0 fully saturated rings. The first-order chi connectivity index (χ1) is 15.5. The third kappa shape index (κ3) is 7.10. The minimum Gasteiger partial charge on any atom is -0.489 e. The first-order valence-electron chi connectivity index (χ1n) is 9.78. The van der Waals surface area contributed by atoms with Crippen LogP contribution in [0.4, 0.5) is 11.4 Å². The summed E-state index contributed by atoms with van der Waals surface area (Å²) in [5, 5.41) is 8.86. The van der Waals surface area contributed by atoms with Crippen molar-refractivity contribution in [2.24, 2.45) is 5.10 Å². The quantitative estimate of drug-likeness (QED) is 0.303. The molecule has 0 bridgehead atoms. The predicted octanol–water partition coefficient (Wildman–Crippen LogP) is 3.31. The van der Waals surface area contributed by atoms with Crippen molar-refractivity contribution in [2.45, 2.75) is 13.5 Å². The summed E-state index contributed by atoms with van der Waals surface area (Å²) >= 11 is 0. The predicted molar refractivity (Wildman–Crippen MR) is 122 cm³/mol. The van der Waals surface area contributed by atoms with E-state index in [2.05, 4.69) is 21.2 Å². The Morgan fingerprint density at radius 3 is 2.06 bits per heavy atom. The molecule has 0 radical (unpaired) electrons. The van der Waals surface area contributed by atoms with Gasteiger partial charge in [0.15, 0.2) is 0 Å². The van der Waals surface area contributed by atoms with Gasteiger partial charge >= 0.3 is 11.8 Å². The van der Waals surface area contributed by atoms with Crippen LogP contribution in [0.25, 0.3) is 0 Å². The summed E-state index contributed by atoms with van der Waals surface area (Å²) in [6.45, 7) is 1.87. The van der Waals surface area contributed by atoms with E-state index in [-0.39, 0.29) is 5.91 Å². The van der Waals surface area contributed by atoms with Gasteiger partial charge in [0.2, 0.25) is 5.91 Å². The maximum Gasteiger partial charge on any atom is 0.329 e. The lowest BCUT2D eigenvalue weighted by Crippen LogP contribution is -2.32. The molecule has 8 nitrogen and oxygen atoms in total. The summed E-state index contributed by atoms with van der Waals surface area (Å²) < 4.78 is 5.72. The average molecular weight is 430 g/mol. The van der Waals surface area contributed by atoms with Gasteiger partial charge in [-0.25, -0.2) is 5.43 Å². The summed E-state index contributed by atoms with van der Waals surface area (Å²) in [6, 6.07) is 23.4. The zero-order valence-electron chi connectivity index (χ0n) is 17.4. The Kier molecular flexibility index (Phi) is 7.69. The third-order valence-electron chi connectivity index (χ3n) is 4.18. The molecule has 0 spiro atoms. The second kappa shape index (κ2) is 11.1. The summed E-state index contributed by atoms with van der Waals surface area (Å²) in [5.41, 5.74) is 4.98. The van der Waals surface area contributed by atoms with Crippen LogP contribution in [0, 0.1) is 0 Å². The van der Waals surface area contributed by atoms with E-state index in [1.165, 1.54) is 13.1 Å². The van der Waals surface area contributed by atoms with Gasteiger partial charge in [0, 0.05) is 18.3 Å². The maximum atomic E-state index is 12.0. The topological polar surface area (TPSA) is 109 Å².